The number of phenols is 2. The smallest absolute Gasteiger partial charge is 0.311 e. The number of carbonyl (C=O) groups is 4. The summed E-state index contributed by atoms with van der Waals surface area (Å²) < 4.78 is 9.21. The number of aliphatic carboxylic acids is 1. The number of ether oxygens (including phenoxy) is 1. The second kappa shape index (κ2) is 24.6. The highest BCUT2D eigenvalue weighted by Gasteiger charge is 2.33. The number of thiazole rings is 2. The van der Waals surface area contributed by atoms with Crippen LogP contribution in [0.4, 0.5) is 0 Å². The van der Waals surface area contributed by atoms with Gasteiger partial charge in [0, 0.05) is 82.8 Å². The molecule has 0 unspecified atom stereocenters. The van der Waals surface area contributed by atoms with E-state index >= 15 is 0 Å². The highest BCUT2D eigenvalue weighted by atomic mass is 35.5. The number of benzene rings is 2. The lowest BCUT2D eigenvalue weighted by Gasteiger charge is -2.31. The third-order valence-electron chi connectivity index (χ3n) is 15.1. The van der Waals surface area contributed by atoms with Crippen molar-refractivity contribution in [3.8, 4) is 34.0 Å². The molecule has 8 rings (SSSR count). The first-order valence-corrected chi connectivity index (χ1v) is 30.0. The Labute approximate surface area is 494 Å². The van der Waals surface area contributed by atoms with Gasteiger partial charge in [0.25, 0.3) is 0 Å². The molecule has 2 aromatic carbocycles. The summed E-state index contributed by atoms with van der Waals surface area (Å²) in [6.45, 7) is 31.5. The van der Waals surface area contributed by atoms with Crippen molar-refractivity contribution in [2.24, 2.45) is 0 Å². The van der Waals surface area contributed by atoms with E-state index in [-0.39, 0.29) is 77.2 Å². The van der Waals surface area contributed by atoms with Crippen molar-refractivity contribution in [1.29, 1.82) is 0 Å². The second-order valence-electron chi connectivity index (χ2n) is 25.7. The second-order valence-corrected chi connectivity index (χ2v) is 29.0. The van der Waals surface area contributed by atoms with Gasteiger partial charge in [0.15, 0.2) is 0 Å². The lowest BCUT2D eigenvalue weighted by atomic mass is 9.78. The van der Waals surface area contributed by atoms with Crippen LogP contribution < -0.4 is 0 Å². The van der Waals surface area contributed by atoms with Crippen molar-refractivity contribution in [3.63, 3.8) is 0 Å². The van der Waals surface area contributed by atoms with E-state index < -0.39 is 5.97 Å². The van der Waals surface area contributed by atoms with Crippen molar-refractivity contribution in [1.82, 2.24) is 39.3 Å². The molecule has 2 amide bonds. The Morgan fingerprint density at radius 1 is 0.568 bits per heavy atom. The SMILES string of the molecule is COC(=O)Cc1cc(C)n(CC(=O)N2CCC(c3nc(-c4cc(C(C)(C)C)c(O)c(C(C)(C)C)c4)c(Cl)s3)CC2)n1.Cc1cc(CC(=O)O)nn1CC(=O)N1CCC(c2nc(-c3cc(C(C)(C)C)c(O)c(C(C)(C)C)c3)c(Cl)s2)CC1. The maximum Gasteiger partial charge on any atom is 0.311 e. The fraction of sp³-hybridized carbons (Fsp3) is 0.541. The average Bonchev–Trinajstić information content (AvgIpc) is 4.38. The molecular formula is C61H80Cl2N8O8S2. The fourth-order valence-corrected chi connectivity index (χ4v) is 13.1. The molecule has 0 bridgehead atoms. The molecule has 2 fully saturated rings. The maximum atomic E-state index is 13.1. The van der Waals surface area contributed by atoms with Gasteiger partial charge in [-0.2, -0.15) is 10.2 Å². The quantitative estimate of drug-likeness (QED) is 0.0979. The maximum absolute atomic E-state index is 13.1. The largest absolute Gasteiger partial charge is 0.507 e. The molecule has 3 N–H and O–H groups in total. The monoisotopic (exact) mass is 1190 g/mol. The Morgan fingerprint density at radius 3 is 1.19 bits per heavy atom. The van der Waals surface area contributed by atoms with E-state index in [1.807, 2.05) is 54.0 Å². The number of esters is 1. The predicted molar refractivity (Wildman–Crippen MR) is 321 cm³/mol. The van der Waals surface area contributed by atoms with Crippen molar-refractivity contribution in [3.05, 3.63) is 100 Å². The fourth-order valence-electron chi connectivity index (χ4n) is 10.4. The lowest BCUT2D eigenvalue weighted by Crippen LogP contribution is -2.40. The molecule has 20 heteroatoms. The topological polar surface area (TPSA) is 206 Å². The van der Waals surface area contributed by atoms with Crippen LogP contribution >= 0.6 is 45.9 Å². The number of carbonyl (C=O) groups excluding carboxylic acids is 3. The Morgan fingerprint density at radius 2 is 0.889 bits per heavy atom. The van der Waals surface area contributed by atoms with Crippen LogP contribution in [-0.2, 0) is 71.5 Å². The third kappa shape index (κ3) is 15.1. The number of likely N-dealkylation sites (tertiary alicyclic amines) is 2. The molecule has 0 spiro atoms. The summed E-state index contributed by atoms with van der Waals surface area (Å²) in [4.78, 5) is 62.3. The molecule has 16 nitrogen and oxygen atoms in total. The number of phenolic OH excluding ortho intramolecular Hbond substituents is 2. The number of hydrogen-bond donors (Lipinski definition) is 3. The van der Waals surface area contributed by atoms with Crippen LogP contribution in [0.2, 0.25) is 8.67 Å². The zero-order valence-corrected chi connectivity index (χ0v) is 52.8. The van der Waals surface area contributed by atoms with Gasteiger partial charge in [0.05, 0.1) is 41.4 Å². The molecule has 438 valence electrons. The lowest BCUT2D eigenvalue weighted by molar-refractivity contribution is -0.140. The molecule has 0 atom stereocenters. The van der Waals surface area contributed by atoms with Crippen molar-refractivity contribution in [2.75, 3.05) is 33.3 Å². The molecule has 0 aliphatic carbocycles. The van der Waals surface area contributed by atoms with Gasteiger partial charge in [-0.15, -0.1) is 22.7 Å². The molecule has 6 heterocycles. The summed E-state index contributed by atoms with van der Waals surface area (Å²) >= 11 is 16.6. The van der Waals surface area contributed by atoms with Crippen molar-refractivity contribution >= 4 is 69.6 Å². The van der Waals surface area contributed by atoms with Crippen molar-refractivity contribution < 1.29 is 39.2 Å². The van der Waals surface area contributed by atoms with Gasteiger partial charge in [0.1, 0.15) is 44.6 Å². The predicted octanol–water partition coefficient (Wildman–Crippen LogP) is 12.7. The first-order valence-electron chi connectivity index (χ1n) is 27.6. The molecule has 0 radical (unpaired) electrons. The zero-order chi connectivity index (χ0) is 59.8. The minimum absolute atomic E-state index is 0.00522. The normalized spacial score (nSPS) is 15.0. The van der Waals surface area contributed by atoms with Crippen LogP contribution in [0.25, 0.3) is 22.5 Å². The van der Waals surface area contributed by atoms with Crippen LogP contribution in [0.5, 0.6) is 11.5 Å². The molecular weight excluding hydrogens is 1110 g/mol. The summed E-state index contributed by atoms with van der Waals surface area (Å²) in [6.07, 6.45) is 3.10. The zero-order valence-electron chi connectivity index (χ0n) is 49.6. The number of carboxylic acid groups (broad SMARTS) is 1. The number of carboxylic acids is 1. The summed E-state index contributed by atoms with van der Waals surface area (Å²) in [5.74, 6) is -0.243. The van der Waals surface area contributed by atoms with E-state index in [9.17, 15) is 29.4 Å². The molecule has 0 saturated carbocycles. The van der Waals surface area contributed by atoms with Crippen molar-refractivity contribution in [2.45, 2.75) is 182 Å². The van der Waals surface area contributed by atoms with Crippen LogP contribution in [0.15, 0.2) is 36.4 Å². The molecule has 6 aromatic rings. The van der Waals surface area contributed by atoms with Gasteiger partial charge in [-0.25, -0.2) is 9.97 Å². The van der Waals surface area contributed by atoms with Gasteiger partial charge >= 0.3 is 11.9 Å². The number of aryl methyl sites for hydroxylation is 2. The number of piperidine rings is 2. The van der Waals surface area contributed by atoms with E-state index in [2.05, 4.69) is 93.3 Å². The van der Waals surface area contributed by atoms with Crippen LogP contribution in [0.1, 0.15) is 176 Å². The van der Waals surface area contributed by atoms with Gasteiger partial charge < -0.3 is 29.9 Å². The van der Waals surface area contributed by atoms with E-state index in [1.165, 1.54) is 29.8 Å². The van der Waals surface area contributed by atoms with E-state index in [0.29, 0.717) is 57.7 Å². The van der Waals surface area contributed by atoms with Gasteiger partial charge in [0.2, 0.25) is 11.8 Å². The Bertz CT molecular complexity index is 3230. The van der Waals surface area contributed by atoms with Gasteiger partial charge in [-0.3, -0.25) is 28.5 Å². The number of aromatic hydroxyl groups is 2. The molecule has 2 aliphatic rings. The van der Waals surface area contributed by atoms with Crippen LogP contribution in [0.3, 0.4) is 0 Å². The minimum atomic E-state index is -0.946. The summed E-state index contributed by atoms with van der Waals surface area (Å²) in [5.41, 5.74) is 8.44. The van der Waals surface area contributed by atoms with E-state index in [1.54, 1.807) is 15.4 Å². The number of hydrogen-bond acceptors (Lipinski definition) is 13. The number of amides is 2. The Hall–Kier alpha value is -5.82. The number of rotatable bonds is 12. The van der Waals surface area contributed by atoms with Gasteiger partial charge in [-0.1, -0.05) is 106 Å². The molecule has 4 aromatic heterocycles. The highest BCUT2D eigenvalue weighted by molar-refractivity contribution is 7.16. The number of nitrogens with zero attached hydrogens (tertiary/aromatic N) is 8. The summed E-state index contributed by atoms with van der Waals surface area (Å²) in [6, 6.07) is 11.6. The Balaban J connectivity index is 0.000000234. The first-order chi connectivity index (χ1) is 37.6. The van der Waals surface area contributed by atoms with Crippen LogP contribution in [0, 0.1) is 13.8 Å². The standard InChI is InChI=1S/C31H41ClN4O4S.C30H39ClN4O4S/c1-18-13-21(16-25(38)40-8)34-36(18)17-24(37)35-11-9-19(10-12-35)29-33-26(28(32)41-29)20-14-22(30(2,3)4)27(39)23(15-20)31(5,6)7;1-17-12-20(15-24(37)38)33-35(17)16-23(36)34-10-8-18(9-11-34)28-32-25(27(31)40-28)19-13-21(29(2,3)4)26(39)22(14-19)30(5,6)7/h13-15,19,39H,9-12,16-17H2,1-8H3;12-14,18,39H,8-11,15-16H2,1-7H3,(H,37,38). The highest BCUT2D eigenvalue weighted by Crippen LogP contribution is 2.47. The van der Waals surface area contributed by atoms with E-state index in [4.69, 9.17) is 43.0 Å². The average molecular weight is 1190 g/mol. The Kier molecular flexibility index (Phi) is 19.0. The van der Waals surface area contributed by atoms with E-state index in [0.717, 1.165) is 91.9 Å². The molecule has 2 aliphatic heterocycles. The summed E-state index contributed by atoms with van der Waals surface area (Å²) in [5, 5.41) is 41.9. The number of aromatic nitrogens is 6. The minimum Gasteiger partial charge on any atom is -0.507 e. The third-order valence-corrected chi connectivity index (χ3v) is 17.9. The molecule has 81 heavy (non-hydrogen) atoms. The summed E-state index contributed by atoms with van der Waals surface area (Å²) in [7, 11) is 1.35. The van der Waals surface area contributed by atoms with Gasteiger partial charge in [-0.05, 0) is 97.6 Å². The number of methoxy groups -OCH3 is 1. The molecule has 2 saturated heterocycles. The first kappa shape index (κ1) is 62.8. The number of halogens is 2. The van der Waals surface area contributed by atoms with Crippen LogP contribution in [-0.4, -0.2) is 112 Å².